The van der Waals surface area contributed by atoms with Gasteiger partial charge in [-0.05, 0) is 30.7 Å². The van der Waals surface area contributed by atoms with E-state index >= 15 is 0 Å². The molecule has 1 atom stereocenters. The van der Waals surface area contributed by atoms with E-state index < -0.39 is 6.10 Å². The second-order valence-electron chi connectivity index (χ2n) is 3.58. The minimum atomic E-state index is -0.898. The number of rotatable bonds is 2. The molecule has 0 aliphatic rings. The maximum atomic E-state index is 13.2. The summed E-state index contributed by atoms with van der Waals surface area (Å²) in [6, 6.07) is 4.38. The van der Waals surface area contributed by atoms with E-state index in [1.54, 1.807) is 13.0 Å². The Morgan fingerprint density at radius 3 is 2.81 bits per heavy atom. The first-order chi connectivity index (χ1) is 7.59. The molecular formula is C12H10ClFO2. The molecular weight excluding hydrogens is 231 g/mol. The molecule has 2 aromatic rings. The highest BCUT2D eigenvalue weighted by Gasteiger charge is 2.16. The van der Waals surface area contributed by atoms with Crippen LogP contribution < -0.4 is 0 Å². The SMILES string of the molecule is Cc1cc(C(O)c2ccoc2)c(Cl)cc1F. The van der Waals surface area contributed by atoms with Crippen LogP contribution in [0.5, 0.6) is 0 Å². The molecule has 2 rings (SSSR count). The van der Waals surface area contributed by atoms with Gasteiger partial charge in [0.2, 0.25) is 0 Å². The number of benzene rings is 1. The lowest BCUT2D eigenvalue weighted by Crippen LogP contribution is -2.00. The van der Waals surface area contributed by atoms with Crippen LogP contribution >= 0.6 is 11.6 Å². The molecule has 1 heterocycles. The third-order valence-electron chi connectivity index (χ3n) is 2.43. The van der Waals surface area contributed by atoms with Gasteiger partial charge in [0.1, 0.15) is 11.9 Å². The van der Waals surface area contributed by atoms with Crippen molar-refractivity contribution in [2.24, 2.45) is 0 Å². The Balaban J connectivity index is 2.44. The Kier molecular flexibility index (Phi) is 2.99. The number of aryl methyl sites for hydroxylation is 1. The highest BCUT2D eigenvalue weighted by atomic mass is 35.5. The Morgan fingerprint density at radius 2 is 2.19 bits per heavy atom. The van der Waals surface area contributed by atoms with Crippen LogP contribution in [0.2, 0.25) is 5.02 Å². The summed E-state index contributed by atoms with van der Waals surface area (Å²) in [5.41, 5.74) is 1.51. The van der Waals surface area contributed by atoms with Gasteiger partial charge < -0.3 is 9.52 Å². The summed E-state index contributed by atoms with van der Waals surface area (Å²) in [5.74, 6) is -0.381. The second kappa shape index (κ2) is 4.28. The number of hydrogen-bond acceptors (Lipinski definition) is 2. The molecule has 1 aromatic heterocycles. The molecule has 0 fully saturated rings. The van der Waals surface area contributed by atoms with Crippen molar-refractivity contribution in [3.8, 4) is 0 Å². The first kappa shape index (κ1) is 11.2. The predicted octanol–water partition coefficient (Wildman–Crippen LogP) is 3.46. The smallest absolute Gasteiger partial charge is 0.127 e. The average Bonchev–Trinajstić information content (AvgIpc) is 2.75. The van der Waals surface area contributed by atoms with Crippen LogP contribution in [0.25, 0.3) is 0 Å². The Morgan fingerprint density at radius 1 is 1.44 bits per heavy atom. The van der Waals surface area contributed by atoms with Gasteiger partial charge >= 0.3 is 0 Å². The largest absolute Gasteiger partial charge is 0.472 e. The zero-order valence-corrected chi connectivity index (χ0v) is 9.33. The van der Waals surface area contributed by atoms with Crippen LogP contribution in [0.4, 0.5) is 4.39 Å². The maximum absolute atomic E-state index is 13.2. The summed E-state index contributed by atoms with van der Waals surface area (Å²) in [5, 5.41) is 10.2. The maximum Gasteiger partial charge on any atom is 0.127 e. The van der Waals surface area contributed by atoms with E-state index in [1.165, 1.54) is 24.7 Å². The third kappa shape index (κ3) is 1.96. The number of aliphatic hydroxyl groups excluding tert-OH is 1. The summed E-state index contributed by atoms with van der Waals surface area (Å²) in [6.07, 6.45) is 1.99. The number of hydrogen-bond donors (Lipinski definition) is 1. The third-order valence-corrected chi connectivity index (χ3v) is 2.76. The quantitative estimate of drug-likeness (QED) is 0.872. The molecule has 2 nitrogen and oxygen atoms in total. The molecule has 0 amide bonds. The fourth-order valence-corrected chi connectivity index (χ4v) is 1.75. The van der Waals surface area contributed by atoms with E-state index in [4.69, 9.17) is 16.0 Å². The highest BCUT2D eigenvalue weighted by molar-refractivity contribution is 6.31. The molecule has 0 aliphatic carbocycles. The summed E-state index contributed by atoms with van der Waals surface area (Å²) < 4.78 is 18.1. The first-order valence-corrected chi connectivity index (χ1v) is 5.13. The van der Waals surface area contributed by atoms with Gasteiger partial charge in [0.05, 0.1) is 12.5 Å². The van der Waals surface area contributed by atoms with E-state index in [0.717, 1.165) is 0 Å². The van der Waals surface area contributed by atoms with Gasteiger partial charge in [-0.2, -0.15) is 0 Å². The Bertz CT molecular complexity index is 494. The lowest BCUT2D eigenvalue weighted by atomic mass is 10.0. The van der Waals surface area contributed by atoms with Gasteiger partial charge in [-0.25, -0.2) is 4.39 Å². The standard InChI is InChI=1S/C12H10ClFO2/c1-7-4-9(10(13)5-11(7)14)12(15)8-2-3-16-6-8/h2-6,12,15H,1H3. The topological polar surface area (TPSA) is 33.4 Å². The minimum Gasteiger partial charge on any atom is -0.472 e. The fourth-order valence-electron chi connectivity index (χ4n) is 1.50. The van der Waals surface area contributed by atoms with Crippen LogP contribution in [0.3, 0.4) is 0 Å². The van der Waals surface area contributed by atoms with Crippen LogP contribution in [-0.4, -0.2) is 5.11 Å². The average molecular weight is 241 g/mol. The molecule has 0 saturated heterocycles. The molecule has 4 heteroatoms. The lowest BCUT2D eigenvalue weighted by Gasteiger charge is -2.12. The molecule has 0 spiro atoms. The molecule has 0 saturated carbocycles. The number of halogens is 2. The molecule has 0 bridgehead atoms. The molecule has 16 heavy (non-hydrogen) atoms. The van der Waals surface area contributed by atoms with Crippen LogP contribution in [0.1, 0.15) is 22.8 Å². The van der Waals surface area contributed by atoms with Gasteiger partial charge in [0, 0.05) is 16.1 Å². The van der Waals surface area contributed by atoms with Crippen molar-refractivity contribution in [1.82, 2.24) is 0 Å². The van der Waals surface area contributed by atoms with E-state index in [9.17, 15) is 9.50 Å². The summed E-state index contributed by atoms with van der Waals surface area (Å²) >= 11 is 5.88. The van der Waals surface area contributed by atoms with Gasteiger partial charge in [-0.1, -0.05) is 11.6 Å². The molecule has 0 aliphatic heterocycles. The van der Waals surface area contributed by atoms with Crippen molar-refractivity contribution in [3.63, 3.8) is 0 Å². The van der Waals surface area contributed by atoms with Gasteiger partial charge in [0.25, 0.3) is 0 Å². The molecule has 0 radical (unpaired) electrons. The number of aliphatic hydroxyl groups is 1. The summed E-state index contributed by atoms with van der Waals surface area (Å²) in [7, 11) is 0. The number of furan rings is 1. The van der Waals surface area contributed by atoms with E-state index in [0.29, 0.717) is 16.7 Å². The fraction of sp³-hybridized carbons (Fsp3) is 0.167. The van der Waals surface area contributed by atoms with E-state index in [1.807, 2.05) is 0 Å². The highest BCUT2D eigenvalue weighted by Crippen LogP contribution is 2.30. The monoisotopic (exact) mass is 240 g/mol. The van der Waals surface area contributed by atoms with Gasteiger partial charge in [0.15, 0.2) is 0 Å². The molecule has 84 valence electrons. The van der Waals surface area contributed by atoms with Crippen LogP contribution in [0, 0.1) is 12.7 Å². The van der Waals surface area contributed by atoms with Crippen molar-refractivity contribution in [3.05, 3.63) is 58.3 Å². The molecule has 1 unspecified atom stereocenters. The normalized spacial score (nSPS) is 12.8. The van der Waals surface area contributed by atoms with Crippen molar-refractivity contribution < 1.29 is 13.9 Å². The molecule has 1 N–H and O–H groups in total. The molecule has 1 aromatic carbocycles. The van der Waals surface area contributed by atoms with E-state index in [-0.39, 0.29) is 10.8 Å². The van der Waals surface area contributed by atoms with Crippen LogP contribution in [-0.2, 0) is 0 Å². The van der Waals surface area contributed by atoms with Crippen LogP contribution in [0.15, 0.2) is 35.1 Å². The van der Waals surface area contributed by atoms with E-state index in [2.05, 4.69) is 0 Å². The summed E-state index contributed by atoms with van der Waals surface area (Å²) in [4.78, 5) is 0. The minimum absolute atomic E-state index is 0.205. The van der Waals surface area contributed by atoms with Crippen molar-refractivity contribution in [1.29, 1.82) is 0 Å². The zero-order valence-electron chi connectivity index (χ0n) is 8.58. The second-order valence-corrected chi connectivity index (χ2v) is 3.99. The Labute approximate surface area is 97.3 Å². The summed E-state index contributed by atoms with van der Waals surface area (Å²) in [6.45, 7) is 1.62. The van der Waals surface area contributed by atoms with Gasteiger partial charge in [-0.3, -0.25) is 0 Å². The van der Waals surface area contributed by atoms with Crippen molar-refractivity contribution >= 4 is 11.6 Å². The first-order valence-electron chi connectivity index (χ1n) is 4.75. The lowest BCUT2D eigenvalue weighted by molar-refractivity contribution is 0.219. The Hall–Kier alpha value is -1.32. The zero-order chi connectivity index (χ0) is 11.7. The predicted molar refractivity (Wildman–Crippen MR) is 58.9 cm³/mol. The van der Waals surface area contributed by atoms with Crippen molar-refractivity contribution in [2.45, 2.75) is 13.0 Å². The van der Waals surface area contributed by atoms with Crippen molar-refractivity contribution in [2.75, 3.05) is 0 Å². The van der Waals surface area contributed by atoms with Gasteiger partial charge in [-0.15, -0.1) is 0 Å².